The smallest absolute Gasteiger partial charge is 0.302 e. The average molecular weight is 272 g/mol. The van der Waals surface area contributed by atoms with Crippen molar-refractivity contribution in [3.05, 3.63) is 40.6 Å². The van der Waals surface area contributed by atoms with Gasteiger partial charge in [-0.1, -0.05) is 6.42 Å². The number of nitro benzene ring substituents is 1. The Morgan fingerprint density at radius 1 is 1.20 bits per heavy atom. The first-order chi connectivity index (χ1) is 9.75. The molecule has 3 rings (SSSR count). The third kappa shape index (κ3) is 2.42. The average Bonchev–Trinajstić information content (AvgIpc) is 2.47. The molecule has 20 heavy (non-hydrogen) atoms. The molecule has 1 aliphatic rings. The highest BCUT2D eigenvalue weighted by Crippen LogP contribution is 2.33. The molecule has 0 saturated carbocycles. The number of fused-ring (bicyclic) bond motifs is 1. The molecule has 1 N–H and O–H groups in total. The monoisotopic (exact) mass is 272 g/mol. The van der Waals surface area contributed by atoms with E-state index in [2.05, 4.69) is 10.4 Å². The second kappa shape index (κ2) is 5.42. The Labute approximate surface area is 116 Å². The van der Waals surface area contributed by atoms with Crippen LogP contribution < -0.4 is 5.43 Å². The van der Waals surface area contributed by atoms with Crippen molar-refractivity contribution >= 4 is 22.3 Å². The van der Waals surface area contributed by atoms with Crippen molar-refractivity contribution in [3.8, 4) is 0 Å². The molecule has 0 atom stereocenters. The van der Waals surface area contributed by atoms with Gasteiger partial charge in [0.05, 0.1) is 15.8 Å². The van der Waals surface area contributed by atoms with Crippen LogP contribution in [0.1, 0.15) is 19.3 Å². The van der Waals surface area contributed by atoms with Gasteiger partial charge in [0, 0.05) is 19.3 Å². The molecule has 6 nitrogen and oxygen atoms in total. The highest BCUT2D eigenvalue weighted by atomic mass is 16.6. The van der Waals surface area contributed by atoms with Crippen LogP contribution in [0.25, 0.3) is 10.9 Å². The molecule has 1 aliphatic heterocycles. The molecular formula is C14H16N4O2. The fourth-order valence-electron chi connectivity index (χ4n) is 2.60. The van der Waals surface area contributed by atoms with E-state index in [4.69, 9.17) is 0 Å². The molecule has 6 heteroatoms. The van der Waals surface area contributed by atoms with Crippen molar-refractivity contribution in [3.63, 3.8) is 0 Å². The van der Waals surface area contributed by atoms with E-state index in [-0.39, 0.29) is 10.6 Å². The van der Waals surface area contributed by atoms with Crippen molar-refractivity contribution < 1.29 is 4.92 Å². The third-order valence-electron chi connectivity index (χ3n) is 3.57. The molecule has 1 aromatic carbocycles. The topological polar surface area (TPSA) is 71.3 Å². The Morgan fingerprint density at radius 3 is 2.75 bits per heavy atom. The minimum Gasteiger partial charge on any atom is -0.313 e. The van der Waals surface area contributed by atoms with Crippen LogP contribution in [0.3, 0.4) is 0 Å². The Bertz CT molecular complexity index is 638. The fourth-order valence-corrected chi connectivity index (χ4v) is 2.60. The van der Waals surface area contributed by atoms with Gasteiger partial charge in [-0.2, -0.15) is 0 Å². The van der Waals surface area contributed by atoms with Gasteiger partial charge in [0.1, 0.15) is 5.69 Å². The number of rotatable bonds is 3. The molecule has 1 aromatic heterocycles. The summed E-state index contributed by atoms with van der Waals surface area (Å²) in [5, 5.41) is 14.0. The summed E-state index contributed by atoms with van der Waals surface area (Å²) < 4.78 is 0. The summed E-state index contributed by atoms with van der Waals surface area (Å²) in [7, 11) is 0. The van der Waals surface area contributed by atoms with Crippen LogP contribution in [0.5, 0.6) is 0 Å². The normalized spacial score (nSPS) is 16.2. The quantitative estimate of drug-likeness (QED) is 0.687. The van der Waals surface area contributed by atoms with Crippen molar-refractivity contribution in [2.45, 2.75) is 19.3 Å². The van der Waals surface area contributed by atoms with Gasteiger partial charge in [-0.05, 0) is 37.1 Å². The van der Waals surface area contributed by atoms with Crippen molar-refractivity contribution in [2.24, 2.45) is 0 Å². The lowest BCUT2D eigenvalue weighted by Crippen LogP contribution is -2.35. The van der Waals surface area contributed by atoms with E-state index < -0.39 is 0 Å². The molecule has 0 unspecified atom stereocenters. The molecule has 0 radical (unpaired) electrons. The summed E-state index contributed by atoms with van der Waals surface area (Å²) in [5.41, 5.74) is 4.47. The highest BCUT2D eigenvalue weighted by molar-refractivity contribution is 5.94. The summed E-state index contributed by atoms with van der Waals surface area (Å²) in [4.78, 5) is 15.2. The first-order valence-electron chi connectivity index (χ1n) is 6.79. The number of nitrogens with one attached hydrogen (secondary N) is 1. The molecule has 2 heterocycles. The summed E-state index contributed by atoms with van der Waals surface area (Å²) in [6.45, 7) is 1.84. The second-order valence-corrected chi connectivity index (χ2v) is 4.95. The number of piperidine rings is 1. The lowest BCUT2D eigenvalue weighted by Gasteiger charge is -2.27. The predicted octanol–water partition coefficient (Wildman–Crippen LogP) is 2.96. The van der Waals surface area contributed by atoms with Gasteiger partial charge in [-0.25, -0.2) is 5.01 Å². The number of pyridine rings is 1. The maximum absolute atomic E-state index is 11.4. The second-order valence-electron chi connectivity index (χ2n) is 4.95. The maximum Gasteiger partial charge on any atom is 0.302 e. The van der Waals surface area contributed by atoms with Gasteiger partial charge in [0.25, 0.3) is 0 Å². The molecule has 1 fully saturated rings. The number of aromatic nitrogens is 1. The Balaban J connectivity index is 2.01. The molecule has 0 aliphatic carbocycles. The molecule has 0 bridgehead atoms. The van der Waals surface area contributed by atoms with E-state index in [0.29, 0.717) is 16.6 Å². The molecule has 1 saturated heterocycles. The largest absolute Gasteiger partial charge is 0.313 e. The predicted molar refractivity (Wildman–Crippen MR) is 77.4 cm³/mol. The first kappa shape index (κ1) is 12.8. The SMILES string of the molecule is O=[N+]([O-])c1c(NN2CCCCC2)ccc2ncccc12. The minimum atomic E-state index is -0.337. The van der Waals surface area contributed by atoms with E-state index in [1.165, 1.54) is 6.42 Å². The number of hydrogen-bond donors (Lipinski definition) is 1. The van der Waals surface area contributed by atoms with Crippen molar-refractivity contribution in [1.29, 1.82) is 0 Å². The maximum atomic E-state index is 11.4. The van der Waals surface area contributed by atoms with Gasteiger partial charge in [0.15, 0.2) is 0 Å². The standard InChI is InChI=1S/C14H16N4O2/c19-18(20)14-11-5-4-8-15-12(11)6-7-13(14)16-17-9-2-1-3-10-17/h4-8,16H,1-3,9-10H2. The van der Waals surface area contributed by atoms with Crippen LogP contribution in [-0.2, 0) is 0 Å². The number of hydrogen-bond acceptors (Lipinski definition) is 5. The lowest BCUT2D eigenvalue weighted by atomic mass is 10.1. The van der Waals surface area contributed by atoms with E-state index >= 15 is 0 Å². The molecule has 0 amide bonds. The number of anilines is 1. The van der Waals surface area contributed by atoms with Gasteiger partial charge in [0.2, 0.25) is 0 Å². The number of benzene rings is 1. The molecule has 2 aromatic rings. The zero-order valence-corrected chi connectivity index (χ0v) is 11.1. The minimum absolute atomic E-state index is 0.0983. The third-order valence-corrected chi connectivity index (χ3v) is 3.57. The van der Waals surface area contributed by atoms with Crippen LogP contribution in [0.15, 0.2) is 30.5 Å². The van der Waals surface area contributed by atoms with Crippen molar-refractivity contribution in [2.75, 3.05) is 18.5 Å². The van der Waals surface area contributed by atoms with Crippen molar-refractivity contribution in [1.82, 2.24) is 9.99 Å². The molecule has 0 spiro atoms. The van der Waals surface area contributed by atoms with Gasteiger partial charge < -0.3 is 5.43 Å². The number of nitrogens with zero attached hydrogens (tertiary/aromatic N) is 3. The molecule has 104 valence electrons. The summed E-state index contributed by atoms with van der Waals surface area (Å²) >= 11 is 0. The number of hydrazine groups is 1. The van der Waals surface area contributed by atoms with Crippen LogP contribution in [0.4, 0.5) is 11.4 Å². The lowest BCUT2D eigenvalue weighted by molar-refractivity contribution is -0.382. The van der Waals surface area contributed by atoms with Crippen LogP contribution in [0.2, 0.25) is 0 Å². The van der Waals surface area contributed by atoms with Crippen LogP contribution >= 0.6 is 0 Å². The summed E-state index contributed by atoms with van der Waals surface area (Å²) in [6.07, 6.45) is 5.11. The summed E-state index contributed by atoms with van der Waals surface area (Å²) in [6, 6.07) is 7.01. The summed E-state index contributed by atoms with van der Waals surface area (Å²) in [5.74, 6) is 0. The fraction of sp³-hybridized carbons (Fsp3) is 0.357. The van der Waals surface area contributed by atoms with Crippen LogP contribution in [0, 0.1) is 10.1 Å². The van der Waals surface area contributed by atoms with Gasteiger partial charge >= 0.3 is 5.69 Å². The Hall–Kier alpha value is -2.21. The van der Waals surface area contributed by atoms with Gasteiger partial charge in [-0.15, -0.1) is 0 Å². The zero-order valence-electron chi connectivity index (χ0n) is 11.1. The Kier molecular flexibility index (Phi) is 3.47. The van der Waals surface area contributed by atoms with E-state index in [1.807, 2.05) is 11.1 Å². The van der Waals surface area contributed by atoms with Gasteiger partial charge in [-0.3, -0.25) is 15.1 Å². The zero-order chi connectivity index (χ0) is 13.9. The number of nitro groups is 1. The molecular weight excluding hydrogens is 256 g/mol. The first-order valence-corrected chi connectivity index (χ1v) is 6.79. The van der Waals surface area contributed by atoms with E-state index in [9.17, 15) is 10.1 Å². The van der Waals surface area contributed by atoms with E-state index in [1.54, 1.807) is 24.4 Å². The Morgan fingerprint density at radius 2 is 2.00 bits per heavy atom. The van der Waals surface area contributed by atoms with Crippen LogP contribution in [-0.4, -0.2) is 28.0 Å². The highest BCUT2D eigenvalue weighted by Gasteiger charge is 2.21. The van der Waals surface area contributed by atoms with E-state index in [0.717, 1.165) is 25.9 Å².